The number of morpholine rings is 1. The standard InChI is InChI=1S/C16H28N2O4/c1-16(2,3)14(18-6-10-21-11-7-18)17-15(19)22-12-13-4-8-20-9-5-13/h13H,4-12H2,1-3H3/b17-14-. The molecule has 2 aliphatic heterocycles. The van der Waals surface area contributed by atoms with E-state index in [1.54, 1.807) is 0 Å². The van der Waals surface area contributed by atoms with Crippen LogP contribution in [0.3, 0.4) is 0 Å². The van der Waals surface area contributed by atoms with Crippen molar-refractivity contribution in [3.8, 4) is 0 Å². The van der Waals surface area contributed by atoms with E-state index in [0.29, 0.717) is 25.7 Å². The lowest BCUT2D eigenvalue weighted by Gasteiger charge is -2.35. The monoisotopic (exact) mass is 312 g/mol. The Morgan fingerprint density at radius 2 is 1.73 bits per heavy atom. The van der Waals surface area contributed by atoms with E-state index in [1.807, 2.05) is 0 Å². The van der Waals surface area contributed by atoms with Crippen LogP contribution in [0.4, 0.5) is 4.79 Å². The smallest absolute Gasteiger partial charge is 0.435 e. The van der Waals surface area contributed by atoms with Crippen LogP contribution >= 0.6 is 0 Å². The highest BCUT2D eigenvalue weighted by Crippen LogP contribution is 2.21. The zero-order valence-corrected chi connectivity index (χ0v) is 14.0. The molecule has 126 valence electrons. The summed E-state index contributed by atoms with van der Waals surface area (Å²) in [5, 5.41) is 0. The summed E-state index contributed by atoms with van der Waals surface area (Å²) >= 11 is 0. The quantitative estimate of drug-likeness (QED) is 0.578. The number of carbonyl (C=O) groups is 1. The first-order valence-corrected chi connectivity index (χ1v) is 8.13. The normalized spacial score (nSPS) is 21.8. The molecule has 2 fully saturated rings. The van der Waals surface area contributed by atoms with Crippen molar-refractivity contribution in [2.45, 2.75) is 33.6 Å². The van der Waals surface area contributed by atoms with Crippen LogP contribution in [0.25, 0.3) is 0 Å². The van der Waals surface area contributed by atoms with Gasteiger partial charge in [0, 0.05) is 31.7 Å². The third kappa shape index (κ3) is 5.25. The lowest BCUT2D eigenvalue weighted by atomic mass is 9.93. The first-order valence-electron chi connectivity index (χ1n) is 8.13. The fourth-order valence-electron chi connectivity index (χ4n) is 2.71. The summed E-state index contributed by atoms with van der Waals surface area (Å²) in [5.74, 6) is 1.18. The maximum atomic E-state index is 12.1. The molecule has 0 radical (unpaired) electrons. The number of carbonyl (C=O) groups excluding carboxylic acids is 1. The third-order valence-corrected chi connectivity index (χ3v) is 3.96. The molecule has 0 N–H and O–H groups in total. The maximum Gasteiger partial charge on any atom is 0.435 e. The average molecular weight is 312 g/mol. The molecule has 2 rings (SSSR count). The number of amidine groups is 1. The maximum absolute atomic E-state index is 12.1. The molecule has 1 amide bonds. The Morgan fingerprint density at radius 3 is 2.32 bits per heavy atom. The molecular formula is C16H28N2O4. The molecule has 6 heteroatoms. The Bertz CT molecular complexity index is 391. The minimum Gasteiger partial charge on any atom is -0.448 e. The highest BCUT2D eigenvalue weighted by atomic mass is 16.5. The van der Waals surface area contributed by atoms with E-state index in [-0.39, 0.29) is 5.41 Å². The van der Waals surface area contributed by atoms with Gasteiger partial charge in [0.2, 0.25) is 0 Å². The fraction of sp³-hybridized carbons (Fsp3) is 0.875. The number of rotatable bonds is 2. The van der Waals surface area contributed by atoms with Crippen LogP contribution in [0.2, 0.25) is 0 Å². The summed E-state index contributed by atoms with van der Waals surface area (Å²) in [6.07, 6.45) is 1.42. The first-order chi connectivity index (χ1) is 10.5. The third-order valence-electron chi connectivity index (χ3n) is 3.96. The predicted octanol–water partition coefficient (Wildman–Crippen LogP) is 2.33. The minimum atomic E-state index is -0.483. The van der Waals surface area contributed by atoms with Crippen LogP contribution in [-0.4, -0.2) is 63.0 Å². The Labute approximate surface area is 132 Å². The number of hydrogen-bond acceptors (Lipinski definition) is 4. The van der Waals surface area contributed by atoms with Gasteiger partial charge < -0.3 is 19.1 Å². The van der Waals surface area contributed by atoms with Gasteiger partial charge in [0.05, 0.1) is 19.8 Å². The molecule has 0 aromatic heterocycles. The molecule has 0 spiro atoms. The van der Waals surface area contributed by atoms with E-state index >= 15 is 0 Å². The molecule has 22 heavy (non-hydrogen) atoms. The van der Waals surface area contributed by atoms with Crippen LogP contribution in [-0.2, 0) is 14.2 Å². The molecule has 0 saturated carbocycles. The molecule has 0 bridgehead atoms. The van der Waals surface area contributed by atoms with Gasteiger partial charge in [-0.2, -0.15) is 4.99 Å². The summed E-state index contributed by atoms with van der Waals surface area (Å²) in [7, 11) is 0. The van der Waals surface area contributed by atoms with Gasteiger partial charge in [0.1, 0.15) is 5.84 Å². The Kier molecular flexibility index (Phi) is 6.20. The lowest BCUT2D eigenvalue weighted by Crippen LogP contribution is -2.46. The van der Waals surface area contributed by atoms with E-state index in [4.69, 9.17) is 14.2 Å². The molecule has 2 saturated heterocycles. The van der Waals surface area contributed by atoms with Crippen molar-refractivity contribution < 1.29 is 19.0 Å². The van der Waals surface area contributed by atoms with Gasteiger partial charge in [-0.25, -0.2) is 4.79 Å². The average Bonchev–Trinajstić information content (AvgIpc) is 2.51. The van der Waals surface area contributed by atoms with Crippen LogP contribution in [0.1, 0.15) is 33.6 Å². The van der Waals surface area contributed by atoms with Crippen LogP contribution < -0.4 is 0 Å². The summed E-state index contributed by atoms with van der Waals surface area (Å²) in [5.41, 5.74) is -0.199. The van der Waals surface area contributed by atoms with Crippen molar-refractivity contribution in [3.63, 3.8) is 0 Å². The van der Waals surface area contributed by atoms with E-state index in [2.05, 4.69) is 30.7 Å². The molecule has 0 unspecified atom stereocenters. The van der Waals surface area contributed by atoms with Crippen LogP contribution in [0.5, 0.6) is 0 Å². The largest absolute Gasteiger partial charge is 0.448 e. The van der Waals surface area contributed by atoms with Crippen LogP contribution in [0.15, 0.2) is 4.99 Å². The Hall–Kier alpha value is -1.14. The Morgan fingerprint density at radius 1 is 1.14 bits per heavy atom. The fourth-order valence-corrected chi connectivity index (χ4v) is 2.71. The van der Waals surface area contributed by atoms with Crippen molar-refractivity contribution in [1.29, 1.82) is 0 Å². The summed E-state index contributed by atoms with van der Waals surface area (Å²) in [4.78, 5) is 18.5. The molecule has 0 aliphatic carbocycles. The number of hydrogen-bond donors (Lipinski definition) is 0. The number of aliphatic imine (C=N–C) groups is 1. The molecule has 6 nitrogen and oxygen atoms in total. The van der Waals surface area contributed by atoms with Crippen molar-refractivity contribution in [3.05, 3.63) is 0 Å². The Balaban J connectivity index is 1.93. The minimum absolute atomic E-state index is 0.199. The molecule has 0 atom stereocenters. The first kappa shape index (κ1) is 17.2. The summed E-state index contributed by atoms with van der Waals surface area (Å²) in [6.45, 7) is 11.0. The van der Waals surface area contributed by atoms with Gasteiger partial charge in [0.15, 0.2) is 0 Å². The van der Waals surface area contributed by atoms with Crippen molar-refractivity contribution in [2.24, 2.45) is 16.3 Å². The number of nitrogens with zero attached hydrogens (tertiary/aromatic N) is 2. The molecule has 2 heterocycles. The topological polar surface area (TPSA) is 60.4 Å². The van der Waals surface area contributed by atoms with Gasteiger partial charge in [-0.05, 0) is 18.8 Å². The highest BCUT2D eigenvalue weighted by molar-refractivity contribution is 5.95. The second-order valence-electron chi connectivity index (χ2n) is 6.92. The van der Waals surface area contributed by atoms with Gasteiger partial charge in [-0.15, -0.1) is 0 Å². The van der Waals surface area contributed by atoms with Gasteiger partial charge in [0.25, 0.3) is 0 Å². The van der Waals surface area contributed by atoms with Gasteiger partial charge >= 0.3 is 6.09 Å². The van der Waals surface area contributed by atoms with E-state index in [0.717, 1.165) is 45.0 Å². The van der Waals surface area contributed by atoms with E-state index < -0.39 is 6.09 Å². The van der Waals surface area contributed by atoms with Crippen LogP contribution in [0, 0.1) is 11.3 Å². The van der Waals surface area contributed by atoms with Crippen molar-refractivity contribution in [1.82, 2.24) is 4.90 Å². The highest BCUT2D eigenvalue weighted by Gasteiger charge is 2.28. The second kappa shape index (κ2) is 7.92. The second-order valence-corrected chi connectivity index (χ2v) is 6.92. The molecular weight excluding hydrogens is 284 g/mol. The summed E-state index contributed by atoms with van der Waals surface area (Å²) in [6, 6.07) is 0. The number of amides is 1. The van der Waals surface area contributed by atoms with E-state index in [1.165, 1.54) is 0 Å². The van der Waals surface area contributed by atoms with E-state index in [9.17, 15) is 4.79 Å². The lowest BCUT2D eigenvalue weighted by molar-refractivity contribution is 0.0394. The summed E-state index contributed by atoms with van der Waals surface area (Å²) < 4.78 is 16.0. The molecule has 0 aromatic rings. The zero-order valence-electron chi connectivity index (χ0n) is 14.0. The zero-order chi connectivity index (χ0) is 16.0. The SMILES string of the molecule is CC(C)(C)/C(=N/C(=O)OCC1CCOCC1)N1CCOCC1. The molecule has 0 aromatic carbocycles. The van der Waals surface area contributed by atoms with Gasteiger partial charge in [-0.3, -0.25) is 0 Å². The molecule has 2 aliphatic rings. The predicted molar refractivity (Wildman–Crippen MR) is 84.2 cm³/mol. The van der Waals surface area contributed by atoms with Crippen molar-refractivity contribution >= 4 is 11.9 Å². The van der Waals surface area contributed by atoms with Crippen molar-refractivity contribution in [2.75, 3.05) is 46.1 Å². The van der Waals surface area contributed by atoms with Gasteiger partial charge in [-0.1, -0.05) is 20.8 Å². The number of ether oxygens (including phenoxy) is 3.